The van der Waals surface area contributed by atoms with Gasteiger partial charge in [-0.15, -0.1) is 0 Å². The number of carboxylic acids is 1. The number of carbonyl (C=O) groups is 1. The van der Waals surface area contributed by atoms with Crippen molar-refractivity contribution in [2.75, 3.05) is 37.8 Å². The van der Waals surface area contributed by atoms with Gasteiger partial charge in [-0.2, -0.15) is 0 Å². The zero-order valence-corrected chi connectivity index (χ0v) is 19.3. The Bertz CT molecular complexity index is 1140. The van der Waals surface area contributed by atoms with Crippen molar-refractivity contribution in [1.29, 1.82) is 0 Å². The third-order valence-corrected chi connectivity index (χ3v) is 6.80. The fraction of sp³-hybridized carbons (Fsp3) is 0.480. The van der Waals surface area contributed by atoms with Crippen molar-refractivity contribution >= 4 is 11.7 Å². The Kier molecular flexibility index (Phi) is 6.13. The predicted molar refractivity (Wildman–Crippen MR) is 124 cm³/mol. The molecule has 0 radical (unpaired) electrons. The second-order valence-corrected chi connectivity index (χ2v) is 8.98. The van der Waals surface area contributed by atoms with Gasteiger partial charge in [-0.1, -0.05) is 11.8 Å². The maximum absolute atomic E-state index is 11.3. The molecule has 9 heteroatoms. The monoisotopic (exact) mass is 464 g/mol. The molecule has 9 nitrogen and oxygen atoms in total. The fourth-order valence-corrected chi connectivity index (χ4v) is 4.60. The van der Waals surface area contributed by atoms with Crippen molar-refractivity contribution in [2.45, 2.75) is 44.1 Å². The third kappa shape index (κ3) is 4.32. The number of hydrogen-bond acceptors (Lipinski definition) is 8. The van der Waals surface area contributed by atoms with Crippen molar-refractivity contribution in [3.63, 3.8) is 0 Å². The molecule has 0 unspecified atom stereocenters. The average molecular weight is 465 g/mol. The van der Waals surface area contributed by atoms with Gasteiger partial charge >= 0.3 is 5.97 Å². The summed E-state index contributed by atoms with van der Waals surface area (Å²) < 4.78 is 17.8. The molecule has 1 spiro atoms. The molecule has 0 aromatic carbocycles. The number of hydrogen-bond donors (Lipinski definition) is 2. The van der Waals surface area contributed by atoms with E-state index in [0.29, 0.717) is 45.2 Å². The second kappa shape index (κ2) is 9.22. The number of pyridine rings is 2. The fourth-order valence-electron chi connectivity index (χ4n) is 4.60. The summed E-state index contributed by atoms with van der Waals surface area (Å²) in [6.45, 7) is 6.88. The molecule has 3 saturated heterocycles. The maximum Gasteiger partial charge on any atom is 0.320 e. The van der Waals surface area contributed by atoms with Crippen LogP contribution in [-0.4, -0.2) is 77.7 Å². The number of aryl methyl sites for hydroxylation is 1. The summed E-state index contributed by atoms with van der Waals surface area (Å²) in [6.07, 6.45) is 3.55. The molecule has 2 aromatic rings. The zero-order chi connectivity index (χ0) is 23.7. The molecule has 2 N–H and O–H groups in total. The molecule has 3 atom stereocenters. The first-order valence-corrected chi connectivity index (χ1v) is 11.5. The number of anilines is 1. The highest BCUT2D eigenvalue weighted by Crippen LogP contribution is 2.38. The number of morpholine rings is 1. The summed E-state index contributed by atoms with van der Waals surface area (Å²) in [5.74, 6) is 6.00. The van der Waals surface area contributed by atoms with Gasteiger partial charge in [-0.05, 0) is 32.0 Å². The molecule has 178 valence electrons. The van der Waals surface area contributed by atoms with Crippen LogP contribution in [0.3, 0.4) is 0 Å². The molecule has 5 rings (SSSR count). The SMILES string of the molecule is Cc1ncccc1C#Cc1cnc(O[C@@H]2CN[C@H](C(=O)O)C2)c(N2CCOC3(COC3)[C@@H]2C)c1. The lowest BCUT2D eigenvalue weighted by atomic mass is 9.90. The number of rotatable bonds is 4. The highest BCUT2D eigenvalue weighted by molar-refractivity contribution is 5.74. The van der Waals surface area contributed by atoms with Crippen LogP contribution >= 0.6 is 0 Å². The summed E-state index contributed by atoms with van der Waals surface area (Å²) in [7, 11) is 0. The topological polar surface area (TPSA) is 106 Å². The minimum atomic E-state index is -0.871. The summed E-state index contributed by atoms with van der Waals surface area (Å²) in [6, 6.07) is 5.24. The molecule has 3 aliphatic rings. The van der Waals surface area contributed by atoms with Gasteiger partial charge in [0, 0.05) is 43.0 Å². The molecule has 34 heavy (non-hydrogen) atoms. The van der Waals surface area contributed by atoms with Crippen molar-refractivity contribution in [2.24, 2.45) is 0 Å². The average Bonchev–Trinajstić information content (AvgIpc) is 3.27. The minimum Gasteiger partial charge on any atom is -0.480 e. The van der Waals surface area contributed by atoms with E-state index in [1.54, 1.807) is 12.4 Å². The van der Waals surface area contributed by atoms with Crippen LogP contribution in [0.25, 0.3) is 0 Å². The van der Waals surface area contributed by atoms with Gasteiger partial charge in [0.2, 0.25) is 5.88 Å². The van der Waals surface area contributed by atoms with Crippen LogP contribution in [0, 0.1) is 18.8 Å². The molecule has 2 aromatic heterocycles. The van der Waals surface area contributed by atoms with Crippen LogP contribution in [0.1, 0.15) is 30.2 Å². The van der Waals surface area contributed by atoms with E-state index in [2.05, 4.69) is 38.9 Å². The third-order valence-electron chi connectivity index (χ3n) is 6.80. The molecule has 0 amide bonds. The lowest BCUT2D eigenvalue weighted by Crippen LogP contribution is -2.68. The first kappa shape index (κ1) is 22.6. The first-order chi connectivity index (χ1) is 16.4. The molecular weight excluding hydrogens is 436 g/mol. The summed E-state index contributed by atoms with van der Waals surface area (Å²) in [4.78, 5) is 22.5. The Labute approximate surface area is 198 Å². The maximum atomic E-state index is 11.3. The van der Waals surface area contributed by atoms with Crippen LogP contribution in [0.2, 0.25) is 0 Å². The Hall–Kier alpha value is -3.19. The van der Waals surface area contributed by atoms with Crippen molar-refractivity contribution in [1.82, 2.24) is 15.3 Å². The minimum absolute atomic E-state index is 0.0522. The number of ether oxygens (including phenoxy) is 3. The van der Waals surface area contributed by atoms with Gasteiger partial charge in [0.25, 0.3) is 0 Å². The smallest absolute Gasteiger partial charge is 0.320 e. The number of nitrogens with one attached hydrogen (secondary N) is 1. The van der Waals surface area contributed by atoms with Gasteiger partial charge < -0.3 is 29.5 Å². The Morgan fingerprint density at radius 3 is 2.91 bits per heavy atom. The van der Waals surface area contributed by atoms with Crippen molar-refractivity contribution in [3.05, 3.63) is 47.4 Å². The Morgan fingerprint density at radius 2 is 2.21 bits per heavy atom. The van der Waals surface area contributed by atoms with E-state index >= 15 is 0 Å². The lowest BCUT2D eigenvalue weighted by molar-refractivity contribution is -0.228. The lowest BCUT2D eigenvalue weighted by Gasteiger charge is -2.53. The van der Waals surface area contributed by atoms with Gasteiger partial charge in [0.05, 0.1) is 31.6 Å². The van der Waals surface area contributed by atoms with Crippen LogP contribution in [0.5, 0.6) is 5.88 Å². The van der Waals surface area contributed by atoms with Crippen LogP contribution in [0.4, 0.5) is 5.69 Å². The largest absolute Gasteiger partial charge is 0.480 e. The number of aliphatic carboxylic acids is 1. The standard InChI is InChI=1S/C25H28N4O5/c1-16-19(4-3-7-26-16)6-5-18-10-22(29-8-9-33-25(17(29)2)14-32-15-25)23(28-12-18)34-20-11-21(24(30)31)27-13-20/h3-4,7,10,12,17,20-21,27H,8-9,11,13-15H2,1-2H3,(H,30,31)/t17-,20-,21-/m0/s1. The summed E-state index contributed by atoms with van der Waals surface area (Å²) >= 11 is 0. The molecule has 5 heterocycles. The van der Waals surface area contributed by atoms with Gasteiger partial charge in [-0.3, -0.25) is 9.78 Å². The van der Waals surface area contributed by atoms with Crippen LogP contribution < -0.4 is 15.0 Å². The quantitative estimate of drug-likeness (QED) is 0.649. The number of nitrogens with zero attached hydrogens (tertiary/aromatic N) is 3. The van der Waals surface area contributed by atoms with E-state index in [9.17, 15) is 9.90 Å². The Balaban J connectivity index is 1.46. The molecule has 3 aliphatic heterocycles. The van der Waals surface area contributed by atoms with Gasteiger partial charge in [0.15, 0.2) is 0 Å². The van der Waals surface area contributed by atoms with Crippen LogP contribution in [0.15, 0.2) is 30.6 Å². The van der Waals surface area contributed by atoms with E-state index in [4.69, 9.17) is 14.2 Å². The van der Waals surface area contributed by atoms with Crippen LogP contribution in [-0.2, 0) is 14.3 Å². The predicted octanol–water partition coefficient (Wildman–Crippen LogP) is 1.37. The zero-order valence-electron chi connectivity index (χ0n) is 19.3. The van der Waals surface area contributed by atoms with Gasteiger partial charge in [0.1, 0.15) is 23.4 Å². The van der Waals surface area contributed by atoms with Crippen molar-refractivity contribution in [3.8, 4) is 17.7 Å². The first-order valence-electron chi connectivity index (χ1n) is 11.5. The number of aromatic nitrogens is 2. The highest BCUT2D eigenvalue weighted by atomic mass is 16.6. The number of carboxylic acid groups (broad SMARTS) is 1. The molecule has 3 fully saturated rings. The molecule has 0 bridgehead atoms. The summed E-state index contributed by atoms with van der Waals surface area (Å²) in [5.41, 5.74) is 2.99. The molecule has 0 aliphatic carbocycles. The van der Waals surface area contributed by atoms with Crippen molar-refractivity contribution < 1.29 is 24.1 Å². The molecular formula is C25H28N4O5. The normalized spacial score (nSPS) is 25.4. The van der Waals surface area contributed by atoms with E-state index in [1.807, 2.05) is 25.1 Å². The van der Waals surface area contributed by atoms with Gasteiger partial charge in [-0.25, -0.2) is 4.98 Å². The van der Waals surface area contributed by atoms with E-state index in [-0.39, 0.29) is 17.7 Å². The highest BCUT2D eigenvalue weighted by Gasteiger charge is 2.50. The second-order valence-electron chi connectivity index (χ2n) is 8.98. The molecule has 0 saturated carbocycles. The van der Waals surface area contributed by atoms with E-state index < -0.39 is 12.0 Å². The van der Waals surface area contributed by atoms with E-state index in [0.717, 1.165) is 22.5 Å². The Morgan fingerprint density at radius 1 is 1.35 bits per heavy atom. The van der Waals surface area contributed by atoms with E-state index in [1.165, 1.54) is 0 Å². The summed E-state index contributed by atoms with van der Waals surface area (Å²) in [5, 5.41) is 12.3.